The van der Waals surface area contributed by atoms with Crippen LogP contribution >= 0.6 is 0 Å². The van der Waals surface area contributed by atoms with E-state index in [4.69, 9.17) is 28.3 Å². The summed E-state index contributed by atoms with van der Waals surface area (Å²) in [5.41, 5.74) is 4.30. The highest BCUT2D eigenvalue weighted by Crippen LogP contribution is 2.33. The Hall–Kier alpha value is -2.43. The smallest absolute Gasteiger partial charge is 0.138 e. The van der Waals surface area contributed by atoms with Gasteiger partial charge in [0.25, 0.3) is 0 Å². The Morgan fingerprint density at radius 1 is 1.21 bits per heavy atom. The number of aryl methyl sites for hydroxylation is 2. The van der Waals surface area contributed by atoms with Crippen molar-refractivity contribution >= 4 is 45.7 Å². The molecule has 1 N–H and O–H groups in total. The third-order valence-corrected chi connectivity index (χ3v) is 5.38. The maximum absolute atomic E-state index is 6.41. The fourth-order valence-electron chi connectivity index (χ4n) is 3.92. The van der Waals surface area contributed by atoms with Crippen molar-refractivity contribution in [1.29, 1.82) is 0 Å². The van der Waals surface area contributed by atoms with Crippen molar-refractivity contribution in [1.82, 2.24) is 9.97 Å². The molecule has 4 rings (SSSR count). The van der Waals surface area contributed by atoms with Gasteiger partial charge in [0, 0.05) is 17.5 Å². The van der Waals surface area contributed by atoms with Gasteiger partial charge in [0.05, 0.1) is 27.8 Å². The van der Waals surface area contributed by atoms with Crippen LogP contribution in [0.4, 0.5) is 5.82 Å². The summed E-state index contributed by atoms with van der Waals surface area (Å²) in [6.45, 7) is 6.43. The summed E-state index contributed by atoms with van der Waals surface area (Å²) in [7, 11) is 18.6. The summed E-state index contributed by atoms with van der Waals surface area (Å²) in [6.07, 6.45) is 2.01. The zero-order valence-corrected chi connectivity index (χ0v) is 17.1. The number of nitrogens with one attached hydrogen (secondary N) is 1. The molecule has 140 valence electrons. The van der Waals surface area contributed by atoms with E-state index in [-0.39, 0.29) is 6.04 Å². The zero-order valence-electron chi connectivity index (χ0n) is 17.1. The number of hydrogen-bond donors (Lipinski definition) is 1. The van der Waals surface area contributed by atoms with Crippen molar-refractivity contribution in [2.24, 2.45) is 0 Å². The third-order valence-electron chi connectivity index (χ3n) is 5.38. The average molecular weight is 377 g/mol. The minimum atomic E-state index is -1.00. The Morgan fingerprint density at radius 2 is 2.00 bits per heavy atom. The Bertz CT molecular complexity index is 1080. The molecule has 1 aliphatic rings. The number of nitrogens with zero attached hydrogens (tertiary/aromatic N) is 2. The monoisotopic (exact) mass is 377 g/mol. The van der Waals surface area contributed by atoms with Crippen LogP contribution in [0.1, 0.15) is 48.8 Å². The van der Waals surface area contributed by atoms with Crippen LogP contribution in [-0.4, -0.2) is 40.1 Å². The van der Waals surface area contributed by atoms with Gasteiger partial charge in [-0.05, 0) is 43.9 Å². The van der Waals surface area contributed by atoms with Crippen LogP contribution in [0.25, 0.3) is 10.9 Å². The molecule has 1 aromatic heterocycles. The molecular weight excluding hydrogens is 355 g/mol. The van der Waals surface area contributed by atoms with Gasteiger partial charge in [-0.2, -0.15) is 0 Å². The van der Waals surface area contributed by atoms with Gasteiger partial charge < -0.3 is 10.1 Å². The molecule has 0 spiro atoms. The van der Waals surface area contributed by atoms with E-state index in [1.165, 1.54) is 5.56 Å². The van der Waals surface area contributed by atoms with Gasteiger partial charge in [-0.3, -0.25) is 0 Å². The largest absolute Gasteiger partial charge is 0.493 e. The second-order valence-corrected chi connectivity index (χ2v) is 8.01. The summed E-state index contributed by atoms with van der Waals surface area (Å²) >= 11 is 0. The lowest BCUT2D eigenvalue weighted by molar-refractivity contribution is 0.289. The second-order valence-electron chi connectivity index (χ2n) is 8.01. The maximum atomic E-state index is 6.41. The van der Waals surface area contributed by atoms with Gasteiger partial charge in [0.2, 0.25) is 0 Å². The first-order chi connectivity index (χ1) is 13.7. The van der Waals surface area contributed by atoms with E-state index in [1.54, 1.807) is 6.92 Å². The van der Waals surface area contributed by atoms with Crippen LogP contribution in [-0.2, 0) is 11.6 Å². The van der Waals surface area contributed by atoms with E-state index in [0.29, 0.717) is 11.3 Å². The number of hydrogen-bond acceptors (Lipinski definition) is 4. The van der Waals surface area contributed by atoms with Gasteiger partial charge in [-0.25, -0.2) is 9.97 Å². The van der Waals surface area contributed by atoms with E-state index in [9.17, 15) is 0 Å². The summed E-state index contributed by atoms with van der Waals surface area (Å²) < 4.78 is 5.80. The molecule has 0 bridgehead atoms. The molecule has 4 nitrogen and oxygen atoms in total. The molecule has 1 aliphatic heterocycles. The minimum Gasteiger partial charge on any atom is -0.493 e. The van der Waals surface area contributed by atoms with Gasteiger partial charge in [0.15, 0.2) is 0 Å². The zero-order chi connectivity index (χ0) is 20.8. The van der Waals surface area contributed by atoms with Crippen molar-refractivity contribution < 1.29 is 4.74 Å². The maximum Gasteiger partial charge on any atom is 0.138 e. The lowest BCUT2D eigenvalue weighted by atomic mass is 9.50. The number of rotatable bonds is 4. The number of aromatic nitrogens is 2. The Kier molecular flexibility index (Phi) is 5.10. The first kappa shape index (κ1) is 19.9. The Labute approximate surface area is 176 Å². The van der Waals surface area contributed by atoms with Crippen molar-refractivity contribution in [2.75, 3.05) is 11.9 Å². The van der Waals surface area contributed by atoms with Gasteiger partial charge in [-0.15, -0.1) is 0 Å². The van der Waals surface area contributed by atoms with Crippen molar-refractivity contribution in [3.8, 4) is 5.75 Å². The molecule has 0 saturated heterocycles. The fraction of sp³-hybridized carbons (Fsp3) is 0.364. The molecule has 3 aromatic rings. The van der Waals surface area contributed by atoms with Crippen LogP contribution < -0.4 is 15.5 Å². The predicted octanol–water partition coefficient (Wildman–Crippen LogP) is 2.74. The predicted molar refractivity (Wildman–Crippen MR) is 121 cm³/mol. The summed E-state index contributed by atoms with van der Waals surface area (Å²) in [5.74, 6) is 2.39. The van der Waals surface area contributed by atoms with Crippen LogP contribution in [0.3, 0.4) is 0 Å². The van der Waals surface area contributed by atoms with E-state index in [0.717, 1.165) is 53.0 Å². The summed E-state index contributed by atoms with van der Waals surface area (Å²) in [4.78, 5) is 9.26. The first-order valence-corrected chi connectivity index (χ1v) is 9.91. The van der Waals surface area contributed by atoms with Gasteiger partial charge >= 0.3 is 0 Å². The molecule has 7 heteroatoms. The van der Waals surface area contributed by atoms with Crippen LogP contribution in [0.2, 0.25) is 0 Å². The molecule has 1 atom stereocenters. The molecule has 0 fully saturated rings. The van der Waals surface area contributed by atoms with Gasteiger partial charge in [-0.1, -0.05) is 41.4 Å². The topological polar surface area (TPSA) is 47.0 Å². The highest BCUT2D eigenvalue weighted by molar-refractivity contribution is 6.43. The number of ether oxygens (including phenoxy) is 1. The van der Waals surface area contributed by atoms with E-state index >= 15 is 0 Å². The van der Waals surface area contributed by atoms with Crippen LogP contribution in [0.5, 0.6) is 5.75 Å². The quantitative estimate of drug-likeness (QED) is 0.711. The second kappa shape index (κ2) is 7.44. The number of anilines is 1. The fourth-order valence-corrected chi connectivity index (χ4v) is 3.92. The van der Waals surface area contributed by atoms with E-state index < -0.39 is 5.21 Å². The van der Waals surface area contributed by atoms with Gasteiger partial charge in [0.1, 0.15) is 25.2 Å². The van der Waals surface area contributed by atoms with E-state index in [2.05, 4.69) is 21.4 Å². The van der Waals surface area contributed by atoms with E-state index in [1.807, 2.05) is 38.1 Å². The Morgan fingerprint density at radius 3 is 2.76 bits per heavy atom. The minimum absolute atomic E-state index is 0.0953. The molecule has 0 saturated carbocycles. The third kappa shape index (κ3) is 3.87. The molecular formula is C22H22B3N3O. The van der Waals surface area contributed by atoms with Crippen molar-refractivity contribution in [3.05, 3.63) is 52.8 Å². The first-order valence-electron chi connectivity index (χ1n) is 9.91. The Balaban J connectivity index is 1.74. The average Bonchev–Trinajstić information content (AvgIpc) is 2.65. The van der Waals surface area contributed by atoms with Crippen molar-refractivity contribution in [2.45, 2.75) is 44.9 Å². The lowest BCUT2D eigenvalue weighted by Crippen LogP contribution is -2.32. The standard InChI is InChI=1S/C22H22B3N3O/c1-12(15-7-4-8-17(20(15)23)22(3,24)25)26-21-16-10-14-6-5-9-29-19(14)11-18(16)27-13(2)28-21/h4,7-8,10-12H,5-6,9H2,1-3H3,(H,26,27,28)/t12-/m1/s1. The highest BCUT2D eigenvalue weighted by atomic mass is 16.5. The molecule has 0 unspecified atom stereocenters. The summed E-state index contributed by atoms with van der Waals surface area (Å²) in [5, 5.41) is 3.49. The highest BCUT2D eigenvalue weighted by Gasteiger charge is 2.20. The molecule has 6 radical (unpaired) electrons. The summed E-state index contributed by atoms with van der Waals surface area (Å²) in [6, 6.07) is 9.82. The molecule has 0 aliphatic carbocycles. The number of fused-ring (bicyclic) bond motifs is 2. The molecule has 2 aromatic carbocycles. The normalized spacial score (nSPS) is 14.9. The number of benzene rings is 2. The molecule has 29 heavy (non-hydrogen) atoms. The van der Waals surface area contributed by atoms with Crippen LogP contribution in [0, 0.1) is 6.92 Å². The lowest BCUT2D eigenvalue weighted by Gasteiger charge is -2.27. The SMILES string of the molecule is [B]c1c([C@@H](C)Nc2nc(C)nc3cc4c(cc23)CCCO4)cccc1C([B])([B])C. The molecule has 2 heterocycles. The van der Waals surface area contributed by atoms with Crippen LogP contribution in [0.15, 0.2) is 30.3 Å². The van der Waals surface area contributed by atoms with Crippen molar-refractivity contribution in [3.63, 3.8) is 0 Å². The molecule has 0 amide bonds.